The van der Waals surface area contributed by atoms with E-state index in [4.69, 9.17) is 4.74 Å². The van der Waals surface area contributed by atoms with Crippen LogP contribution in [0.25, 0.3) is 0 Å². The first-order valence-corrected chi connectivity index (χ1v) is 7.82. The molecule has 0 radical (unpaired) electrons. The summed E-state index contributed by atoms with van der Waals surface area (Å²) in [6, 6.07) is 5.74. The molecule has 1 aliphatic carbocycles. The van der Waals surface area contributed by atoms with E-state index in [1.807, 2.05) is 0 Å². The Morgan fingerprint density at radius 1 is 1.21 bits per heavy atom. The number of esters is 1. The second-order valence-corrected chi connectivity index (χ2v) is 6.30. The second-order valence-electron chi connectivity index (χ2n) is 6.30. The maximum Gasteiger partial charge on any atom is 0.316 e. The highest BCUT2D eigenvalue weighted by molar-refractivity contribution is 6.11. The molecule has 0 saturated carbocycles. The van der Waals surface area contributed by atoms with E-state index in [0.717, 1.165) is 0 Å². The lowest BCUT2D eigenvalue weighted by Gasteiger charge is -2.36. The highest BCUT2D eigenvalue weighted by atomic mass is 19.1. The zero-order valence-corrected chi connectivity index (χ0v) is 13.5. The first kappa shape index (κ1) is 16.4. The highest BCUT2D eigenvalue weighted by Crippen LogP contribution is 2.42. The zero-order valence-electron chi connectivity index (χ0n) is 13.5. The number of allylic oxidation sites excluding steroid dienone is 2. The number of benzene rings is 1. The summed E-state index contributed by atoms with van der Waals surface area (Å²) in [6.45, 7) is 1.79. The van der Waals surface area contributed by atoms with Crippen molar-refractivity contribution in [1.29, 1.82) is 0 Å². The molecular formula is C18H18FNO4. The quantitative estimate of drug-likeness (QED) is 0.665. The number of Topliss-reactive ketones (excluding diaryl/α,β-unsaturated/α-hetero) is 1. The minimum absolute atomic E-state index is 0.0957. The fourth-order valence-corrected chi connectivity index (χ4v) is 3.58. The van der Waals surface area contributed by atoms with Crippen LogP contribution in [0.4, 0.5) is 4.39 Å². The number of ketones is 1. The van der Waals surface area contributed by atoms with Crippen molar-refractivity contribution < 1.29 is 23.5 Å². The monoisotopic (exact) mass is 331 g/mol. The maximum atomic E-state index is 13.2. The van der Waals surface area contributed by atoms with Crippen molar-refractivity contribution >= 4 is 17.7 Å². The molecule has 0 aromatic heterocycles. The Hall–Kier alpha value is -2.50. The van der Waals surface area contributed by atoms with Gasteiger partial charge in [-0.25, -0.2) is 4.39 Å². The van der Waals surface area contributed by atoms with Gasteiger partial charge in [0.25, 0.3) is 0 Å². The van der Waals surface area contributed by atoms with Crippen LogP contribution in [0.3, 0.4) is 0 Å². The molecule has 24 heavy (non-hydrogen) atoms. The summed E-state index contributed by atoms with van der Waals surface area (Å²) in [5.41, 5.74) is 1.69. The molecule has 0 unspecified atom stereocenters. The predicted octanol–water partition coefficient (Wildman–Crippen LogP) is 2.08. The molecule has 3 rings (SSSR count). The molecule has 1 N–H and O–H groups in total. The normalized spacial score (nSPS) is 26.7. The number of hydrogen-bond acceptors (Lipinski definition) is 4. The van der Waals surface area contributed by atoms with Crippen molar-refractivity contribution in [3.05, 3.63) is 46.9 Å². The lowest BCUT2D eigenvalue weighted by atomic mass is 9.70. The molecule has 2 aliphatic rings. The van der Waals surface area contributed by atoms with Gasteiger partial charge in [-0.1, -0.05) is 19.1 Å². The molecule has 0 spiro atoms. The van der Waals surface area contributed by atoms with Crippen LogP contribution in [0.5, 0.6) is 0 Å². The van der Waals surface area contributed by atoms with Crippen molar-refractivity contribution in [2.75, 3.05) is 7.11 Å². The molecular weight excluding hydrogens is 313 g/mol. The summed E-state index contributed by atoms with van der Waals surface area (Å²) in [4.78, 5) is 37.0. The van der Waals surface area contributed by atoms with Crippen molar-refractivity contribution in [2.24, 2.45) is 11.8 Å². The molecule has 126 valence electrons. The Bertz CT molecular complexity index is 738. The van der Waals surface area contributed by atoms with E-state index in [-0.39, 0.29) is 29.8 Å². The van der Waals surface area contributed by atoms with Gasteiger partial charge in [0, 0.05) is 23.6 Å². The van der Waals surface area contributed by atoms with Gasteiger partial charge < -0.3 is 10.1 Å². The van der Waals surface area contributed by atoms with Crippen LogP contribution in [0.15, 0.2) is 35.5 Å². The Morgan fingerprint density at radius 2 is 1.88 bits per heavy atom. The zero-order chi connectivity index (χ0) is 17.4. The summed E-state index contributed by atoms with van der Waals surface area (Å²) >= 11 is 0. The van der Waals surface area contributed by atoms with Crippen molar-refractivity contribution in [2.45, 2.75) is 25.7 Å². The number of rotatable bonds is 2. The van der Waals surface area contributed by atoms with E-state index in [9.17, 15) is 18.8 Å². The molecule has 6 heteroatoms. The Labute approximate surface area is 138 Å². The number of amides is 1. The third-order valence-electron chi connectivity index (χ3n) is 4.72. The number of methoxy groups -OCH3 is 1. The molecule has 0 fully saturated rings. The molecule has 1 aromatic rings. The number of ether oxygens (including phenoxy) is 1. The first-order chi connectivity index (χ1) is 11.4. The Morgan fingerprint density at radius 3 is 2.50 bits per heavy atom. The summed E-state index contributed by atoms with van der Waals surface area (Å²) in [7, 11) is 1.26. The minimum Gasteiger partial charge on any atom is -0.468 e. The standard InChI is InChI=1S/C18H18FNO4/c1-9-7-13-16(17(22)15(9)18(23)24-2)12(8-14(21)20-13)10-3-5-11(19)6-4-10/h3-6,9,12,15H,7-8H2,1-2H3,(H,20,21)/t9-,12+,15+/m1/s1. The number of halogens is 1. The van der Waals surface area contributed by atoms with Gasteiger partial charge in [0.1, 0.15) is 11.7 Å². The van der Waals surface area contributed by atoms with Crippen molar-refractivity contribution in [3.63, 3.8) is 0 Å². The Kier molecular flexibility index (Phi) is 4.22. The van der Waals surface area contributed by atoms with Gasteiger partial charge >= 0.3 is 5.97 Å². The van der Waals surface area contributed by atoms with Crippen LogP contribution in [0.1, 0.15) is 31.2 Å². The fraction of sp³-hybridized carbons (Fsp3) is 0.389. The third kappa shape index (κ3) is 2.72. The van der Waals surface area contributed by atoms with Gasteiger partial charge in [0.2, 0.25) is 5.91 Å². The Balaban J connectivity index is 2.06. The summed E-state index contributed by atoms with van der Waals surface area (Å²) in [6.07, 6.45) is 0.517. The first-order valence-electron chi connectivity index (χ1n) is 7.82. The summed E-state index contributed by atoms with van der Waals surface area (Å²) in [5, 5.41) is 2.76. The molecule has 0 bridgehead atoms. The summed E-state index contributed by atoms with van der Waals surface area (Å²) < 4.78 is 18.0. The van der Waals surface area contributed by atoms with Crippen LogP contribution in [-0.4, -0.2) is 24.8 Å². The average Bonchev–Trinajstić information content (AvgIpc) is 2.54. The maximum absolute atomic E-state index is 13.2. The molecule has 3 atom stereocenters. The van der Waals surface area contributed by atoms with Gasteiger partial charge in [-0.3, -0.25) is 14.4 Å². The van der Waals surface area contributed by atoms with E-state index in [0.29, 0.717) is 23.3 Å². The van der Waals surface area contributed by atoms with Crippen LogP contribution in [-0.2, 0) is 19.1 Å². The lowest BCUT2D eigenvalue weighted by molar-refractivity contribution is -0.151. The molecule has 1 aliphatic heterocycles. The van der Waals surface area contributed by atoms with Gasteiger partial charge in [-0.15, -0.1) is 0 Å². The molecule has 1 heterocycles. The largest absolute Gasteiger partial charge is 0.468 e. The molecule has 0 saturated heterocycles. The summed E-state index contributed by atoms with van der Waals surface area (Å²) in [5.74, 6) is -3.04. The van der Waals surface area contributed by atoms with Crippen molar-refractivity contribution in [3.8, 4) is 0 Å². The van der Waals surface area contributed by atoms with E-state index in [1.165, 1.54) is 19.2 Å². The van der Waals surface area contributed by atoms with Crippen LogP contribution >= 0.6 is 0 Å². The lowest BCUT2D eigenvalue weighted by Crippen LogP contribution is -2.44. The minimum atomic E-state index is -0.869. The highest BCUT2D eigenvalue weighted by Gasteiger charge is 2.45. The average molecular weight is 331 g/mol. The van der Waals surface area contributed by atoms with E-state index >= 15 is 0 Å². The third-order valence-corrected chi connectivity index (χ3v) is 4.72. The smallest absolute Gasteiger partial charge is 0.316 e. The van der Waals surface area contributed by atoms with Gasteiger partial charge in [0.15, 0.2) is 5.78 Å². The van der Waals surface area contributed by atoms with Crippen LogP contribution in [0.2, 0.25) is 0 Å². The SMILES string of the molecule is COC(=O)[C@@H]1C(=O)C2=C(C[C@H]1C)NC(=O)C[C@H]2c1ccc(F)cc1. The number of nitrogens with one attached hydrogen (secondary N) is 1. The van der Waals surface area contributed by atoms with Gasteiger partial charge in [0.05, 0.1) is 7.11 Å². The second kappa shape index (κ2) is 6.19. The predicted molar refractivity (Wildman–Crippen MR) is 83.2 cm³/mol. The van der Waals surface area contributed by atoms with Crippen molar-refractivity contribution in [1.82, 2.24) is 5.32 Å². The number of carbonyl (C=O) groups is 3. The van der Waals surface area contributed by atoms with Crippen LogP contribution < -0.4 is 5.32 Å². The fourth-order valence-electron chi connectivity index (χ4n) is 3.58. The van der Waals surface area contributed by atoms with E-state index in [1.54, 1.807) is 19.1 Å². The molecule has 1 amide bonds. The van der Waals surface area contributed by atoms with E-state index < -0.39 is 17.8 Å². The van der Waals surface area contributed by atoms with Crippen LogP contribution in [0, 0.1) is 17.7 Å². The number of hydrogen-bond donors (Lipinski definition) is 1. The van der Waals surface area contributed by atoms with Gasteiger partial charge in [-0.2, -0.15) is 0 Å². The number of carbonyl (C=O) groups excluding carboxylic acids is 3. The van der Waals surface area contributed by atoms with E-state index in [2.05, 4.69) is 5.32 Å². The topological polar surface area (TPSA) is 72.5 Å². The van der Waals surface area contributed by atoms with Gasteiger partial charge in [-0.05, 0) is 30.0 Å². The molecule has 5 nitrogen and oxygen atoms in total. The molecule has 1 aromatic carbocycles.